The summed E-state index contributed by atoms with van der Waals surface area (Å²) in [6, 6.07) is 1.97. The lowest BCUT2D eigenvalue weighted by Gasteiger charge is -2.11. The van der Waals surface area contributed by atoms with Crippen molar-refractivity contribution in [2.24, 2.45) is 5.73 Å². The second-order valence-electron chi connectivity index (χ2n) is 5.29. The molecule has 114 valence electrons. The average molecular weight is 290 g/mol. The molecule has 1 rings (SSSR count). The number of nitriles is 1. The molecule has 0 aliphatic carbocycles. The molecule has 0 aliphatic rings. The van der Waals surface area contributed by atoms with Crippen LogP contribution in [0.1, 0.15) is 42.1 Å². The lowest BCUT2D eigenvalue weighted by Crippen LogP contribution is -2.29. The quantitative estimate of drug-likeness (QED) is 0.714. The summed E-state index contributed by atoms with van der Waals surface area (Å²) < 4.78 is 0. The largest absolute Gasteiger partial charge is 0.356 e. The van der Waals surface area contributed by atoms with Crippen LogP contribution in [0.2, 0.25) is 0 Å². The van der Waals surface area contributed by atoms with E-state index in [1.54, 1.807) is 13.8 Å². The summed E-state index contributed by atoms with van der Waals surface area (Å²) in [6.07, 6.45) is 1.55. The average Bonchev–Trinajstić information content (AvgIpc) is 2.38. The van der Waals surface area contributed by atoms with E-state index in [0.29, 0.717) is 30.6 Å². The zero-order valence-electron chi connectivity index (χ0n) is 12.7. The van der Waals surface area contributed by atoms with Crippen molar-refractivity contribution in [2.75, 3.05) is 6.54 Å². The van der Waals surface area contributed by atoms with Crippen LogP contribution in [0.15, 0.2) is 4.79 Å². The summed E-state index contributed by atoms with van der Waals surface area (Å²) in [5.74, 6) is -0.0563. The van der Waals surface area contributed by atoms with Gasteiger partial charge in [-0.25, -0.2) is 0 Å². The highest BCUT2D eigenvalue weighted by atomic mass is 16.1. The zero-order chi connectivity index (χ0) is 16.0. The molecule has 4 N–H and O–H groups in total. The van der Waals surface area contributed by atoms with E-state index < -0.39 is 0 Å². The van der Waals surface area contributed by atoms with Gasteiger partial charge >= 0.3 is 0 Å². The van der Waals surface area contributed by atoms with Crippen LogP contribution in [0.25, 0.3) is 0 Å². The van der Waals surface area contributed by atoms with Gasteiger partial charge in [-0.05, 0) is 44.7 Å². The third-order valence-electron chi connectivity index (χ3n) is 3.44. The van der Waals surface area contributed by atoms with Gasteiger partial charge in [-0.2, -0.15) is 5.26 Å². The minimum Gasteiger partial charge on any atom is -0.356 e. The van der Waals surface area contributed by atoms with Crippen molar-refractivity contribution < 1.29 is 4.79 Å². The number of pyridine rings is 1. The number of hydrogen-bond donors (Lipinski definition) is 3. The van der Waals surface area contributed by atoms with Gasteiger partial charge in [0.2, 0.25) is 5.91 Å². The van der Waals surface area contributed by atoms with Gasteiger partial charge in [0.15, 0.2) is 0 Å². The molecule has 0 aromatic carbocycles. The van der Waals surface area contributed by atoms with Gasteiger partial charge in [0.25, 0.3) is 5.56 Å². The molecule has 0 bridgehead atoms. The molecule has 0 radical (unpaired) electrons. The second-order valence-corrected chi connectivity index (χ2v) is 5.29. The monoisotopic (exact) mass is 290 g/mol. The summed E-state index contributed by atoms with van der Waals surface area (Å²) in [4.78, 5) is 26.0. The standard InChI is InChI=1S/C15H22N4O2/c1-9(17)6-7-18-14(20)5-4-12-10(2)13(8-16)15(21)19-11(12)3/h9H,4-7,17H2,1-3H3,(H,18,20)(H,19,21). The van der Waals surface area contributed by atoms with Crippen LogP contribution in [0, 0.1) is 25.2 Å². The summed E-state index contributed by atoms with van der Waals surface area (Å²) in [5.41, 5.74) is 7.57. The molecule has 1 aromatic heterocycles. The van der Waals surface area contributed by atoms with Gasteiger partial charge in [-0.3, -0.25) is 9.59 Å². The van der Waals surface area contributed by atoms with Crippen molar-refractivity contribution >= 4 is 5.91 Å². The fourth-order valence-corrected chi connectivity index (χ4v) is 2.19. The van der Waals surface area contributed by atoms with Crippen molar-refractivity contribution in [1.29, 1.82) is 5.26 Å². The van der Waals surface area contributed by atoms with E-state index in [4.69, 9.17) is 11.0 Å². The molecular weight excluding hydrogens is 268 g/mol. The first-order chi connectivity index (χ1) is 9.86. The number of aromatic nitrogens is 1. The molecule has 0 saturated carbocycles. The van der Waals surface area contributed by atoms with Crippen molar-refractivity contribution in [1.82, 2.24) is 10.3 Å². The summed E-state index contributed by atoms with van der Waals surface area (Å²) >= 11 is 0. The topological polar surface area (TPSA) is 112 Å². The molecule has 0 saturated heterocycles. The van der Waals surface area contributed by atoms with Crippen molar-refractivity contribution in [3.63, 3.8) is 0 Å². The first-order valence-electron chi connectivity index (χ1n) is 7.01. The molecule has 6 heteroatoms. The van der Waals surface area contributed by atoms with Crippen LogP contribution in [-0.2, 0) is 11.2 Å². The molecule has 1 aromatic rings. The van der Waals surface area contributed by atoms with E-state index >= 15 is 0 Å². The number of nitrogens with zero attached hydrogens (tertiary/aromatic N) is 1. The maximum absolute atomic E-state index is 11.8. The number of H-pyrrole nitrogens is 1. The molecular formula is C15H22N4O2. The second kappa shape index (κ2) is 7.60. The fourth-order valence-electron chi connectivity index (χ4n) is 2.19. The summed E-state index contributed by atoms with van der Waals surface area (Å²) in [5, 5.41) is 11.8. The molecule has 0 fully saturated rings. The first-order valence-corrected chi connectivity index (χ1v) is 7.01. The number of hydrogen-bond acceptors (Lipinski definition) is 4. The Hall–Kier alpha value is -2.13. The smallest absolute Gasteiger partial charge is 0.266 e. The predicted octanol–water partition coefficient (Wildman–Crippen LogP) is 0.650. The zero-order valence-corrected chi connectivity index (χ0v) is 12.7. The summed E-state index contributed by atoms with van der Waals surface area (Å²) in [7, 11) is 0. The number of carbonyl (C=O) groups is 1. The number of amides is 1. The first kappa shape index (κ1) is 16.9. The lowest BCUT2D eigenvalue weighted by molar-refractivity contribution is -0.121. The number of aromatic amines is 1. The van der Waals surface area contributed by atoms with Crippen molar-refractivity contribution in [3.05, 3.63) is 32.7 Å². The predicted molar refractivity (Wildman–Crippen MR) is 80.8 cm³/mol. The third-order valence-corrected chi connectivity index (χ3v) is 3.44. The molecule has 1 heterocycles. The molecule has 1 atom stereocenters. The highest BCUT2D eigenvalue weighted by Crippen LogP contribution is 2.14. The Morgan fingerprint density at radius 1 is 1.48 bits per heavy atom. The number of carbonyl (C=O) groups excluding carboxylic acids is 1. The van der Waals surface area contributed by atoms with E-state index in [-0.39, 0.29) is 23.1 Å². The Morgan fingerprint density at radius 3 is 2.71 bits per heavy atom. The van der Waals surface area contributed by atoms with Crippen LogP contribution in [0.5, 0.6) is 0 Å². The molecule has 0 aliphatic heterocycles. The Labute approximate surface area is 124 Å². The van der Waals surface area contributed by atoms with Gasteiger partial charge in [-0.15, -0.1) is 0 Å². The Bertz CT molecular complexity index is 611. The van der Waals surface area contributed by atoms with Gasteiger partial charge < -0.3 is 16.0 Å². The maximum atomic E-state index is 11.8. The number of aryl methyl sites for hydroxylation is 1. The molecule has 1 amide bonds. The van der Waals surface area contributed by atoms with Crippen molar-refractivity contribution in [2.45, 2.75) is 46.1 Å². The lowest BCUT2D eigenvalue weighted by atomic mass is 9.99. The van der Waals surface area contributed by atoms with Crippen LogP contribution < -0.4 is 16.6 Å². The number of nitrogens with one attached hydrogen (secondary N) is 2. The van der Waals surface area contributed by atoms with Crippen LogP contribution >= 0.6 is 0 Å². The normalized spacial score (nSPS) is 11.8. The van der Waals surface area contributed by atoms with Gasteiger partial charge in [0.1, 0.15) is 11.6 Å². The minimum absolute atomic E-state index is 0.0563. The highest BCUT2D eigenvalue weighted by Gasteiger charge is 2.13. The number of nitrogens with two attached hydrogens (primary N) is 1. The van der Waals surface area contributed by atoms with Crippen LogP contribution in [0.4, 0.5) is 0 Å². The molecule has 6 nitrogen and oxygen atoms in total. The van der Waals surface area contributed by atoms with E-state index in [2.05, 4.69) is 10.3 Å². The van der Waals surface area contributed by atoms with E-state index in [0.717, 1.165) is 12.0 Å². The third kappa shape index (κ3) is 4.72. The molecule has 1 unspecified atom stereocenters. The molecule has 21 heavy (non-hydrogen) atoms. The minimum atomic E-state index is -0.377. The van der Waals surface area contributed by atoms with Gasteiger partial charge in [0, 0.05) is 24.7 Å². The molecule has 0 spiro atoms. The van der Waals surface area contributed by atoms with Crippen molar-refractivity contribution in [3.8, 4) is 6.07 Å². The fraction of sp³-hybridized carbons (Fsp3) is 0.533. The van der Waals surface area contributed by atoms with E-state index in [9.17, 15) is 9.59 Å². The Kier molecular flexibility index (Phi) is 6.12. The van der Waals surface area contributed by atoms with Gasteiger partial charge in [0.05, 0.1) is 0 Å². The van der Waals surface area contributed by atoms with E-state index in [1.165, 1.54) is 0 Å². The van der Waals surface area contributed by atoms with Gasteiger partial charge in [-0.1, -0.05) is 0 Å². The van der Waals surface area contributed by atoms with E-state index in [1.807, 2.05) is 13.0 Å². The highest BCUT2D eigenvalue weighted by molar-refractivity contribution is 5.76. The van der Waals surface area contributed by atoms with Crippen LogP contribution in [-0.4, -0.2) is 23.5 Å². The maximum Gasteiger partial charge on any atom is 0.266 e. The Morgan fingerprint density at radius 2 is 2.14 bits per heavy atom. The summed E-state index contributed by atoms with van der Waals surface area (Å²) in [6.45, 7) is 5.97. The SMILES string of the molecule is Cc1[nH]c(=O)c(C#N)c(C)c1CCC(=O)NCCC(C)N. The van der Waals surface area contributed by atoms with Crippen LogP contribution in [0.3, 0.4) is 0 Å². The Balaban J connectivity index is 2.70. The number of rotatable bonds is 6.